The lowest BCUT2D eigenvalue weighted by Crippen LogP contribution is -2.12. The van der Waals surface area contributed by atoms with E-state index in [0.717, 1.165) is 0 Å². The molecular weight excluding hydrogens is 451 g/mol. The van der Waals surface area contributed by atoms with Gasteiger partial charge in [-0.25, -0.2) is 18.6 Å². The summed E-state index contributed by atoms with van der Waals surface area (Å²) >= 11 is 11.9. The van der Waals surface area contributed by atoms with Crippen LogP contribution in [0.15, 0.2) is 36.4 Å². The van der Waals surface area contributed by atoms with Crippen LogP contribution in [-0.4, -0.2) is 18.1 Å². The summed E-state index contributed by atoms with van der Waals surface area (Å²) in [5, 5.41) is 8.32. The van der Waals surface area contributed by atoms with Gasteiger partial charge in [0.2, 0.25) is 0 Å². The average Bonchev–Trinajstić information content (AvgIpc) is 2.77. The molecule has 0 spiro atoms. The van der Waals surface area contributed by atoms with Crippen LogP contribution in [0.4, 0.5) is 14.5 Å². The SMILES string of the molecule is COc1c(Cl)ccc(-c2nc(C(=O)OCc3ccc(C#N)cc3)c(Cl)c(N)c2F)c1F. The van der Waals surface area contributed by atoms with Gasteiger partial charge >= 0.3 is 5.97 Å². The molecule has 3 aromatic rings. The van der Waals surface area contributed by atoms with Crippen molar-refractivity contribution in [2.75, 3.05) is 12.8 Å². The number of anilines is 1. The summed E-state index contributed by atoms with van der Waals surface area (Å²) in [6, 6.07) is 10.7. The molecule has 0 aliphatic heterocycles. The largest absolute Gasteiger partial charge is 0.492 e. The zero-order valence-electron chi connectivity index (χ0n) is 15.9. The van der Waals surface area contributed by atoms with Gasteiger partial charge in [-0.2, -0.15) is 5.26 Å². The van der Waals surface area contributed by atoms with Crippen LogP contribution in [0.3, 0.4) is 0 Å². The van der Waals surface area contributed by atoms with Gasteiger partial charge in [-0.15, -0.1) is 0 Å². The maximum absolute atomic E-state index is 14.8. The predicted octanol–water partition coefficient (Wildman–Crippen LogP) is 5.15. The second-order valence-electron chi connectivity index (χ2n) is 6.18. The van der Waals surface area contributed by atoms with E-state index in [2.05, 4.69) is 4.98 Å². The van der Waals surface area contributed by atoms with Crippen LogP contribution in [-0.2, 0) is 11.3 Å². The average molecular weight is 464 g/mol. The highest BCUT2D eigenvalue weighted by Crippen LogP contribution is 2.38. The lowest BCUT2D eigenvalue weighted by atomic mass is 10.1. The number of halogens is 4. The Labute approximate surface area is 185 Å². The Balaban J connectivity index is 1.97. The Morgan fingerprint density at radius 2 is 1.84 bits per heavy atom. The summed E-state index contributed by atoms with van der Waals surface area (Å²) < 4.78 is 39.6. The molecule has 0 bridgehead atoms. The third kappa shape index (κ3) is 4.38. The minimum Gasteiger partial charge on any atom is -0.492 e. The molecule has 1 heterocycles. The summed E-state index contributed by atoms with van der Waals surface area (Å²) in [7, 11) is 1.19. The summed E-state index contributed by atoms with van der Waals surface area (Å²) in [6.45, 7) is -0.168. The van der Waals surface area contributed by atoms with Crippen molar-refractivity contribution in [3.05, 3.63) is 74.9 Å². The Kier molecular flexibility index (Phi) is 6.59. The number of nitrogens with two attached hydrogens (primary N) is 1. The van der Waals surface area contributed by atoms with E-state index in [0.29, 0.717) is 11.1 Å². The molecule has 0 aliphatic carbocycles. The maximum Gasteiger partial charge on any atom is 0.358 e. The number of esters is 1. The fourth-order valence-corrected chi connectivity index (χ4v) is 3.10. The summed E-state index contributed by atoms with van der Waals surface area (Å²) in [6.07, 6.45) is 0. The number of nitrogens with zero attached hydrogens (tertiary/aromatic N) is 2. The summed E-state index contributed by atoms with van der Waals surface area (Å²) in [5.74, 6) is -3.42. The highest BCUT2D eigenvalue weighted by atomic mass is 35.5. The van der Waals surface area contributed by atoms with Gasteiger partial charge in [-0.05, 0) is 29.8 Å². The number of aromatic nitrogens is 1. The number of nitriles is 1. The van der Waals surface area contributed by atoms with Crippen molar-refractivity contribution in [2.45, 2.75) is 6.61 Å². The Morgan fingerprint density at radius 1 is 1.16 bits per heavy atom. The van der Waals surface area contributed by atoms with Gasteiger partial charge in [0.05, 0.1) is 34.5 Å². The van der Waals surface area contributed by atoms with Crippen LogP contribution < -0.4 is 10.5 Å². The molecule has 0 saturated carbocycles. The van der Waals surface area contributed by atoms with E-state index in [1.54, 1.807) is 24.3 Å². The van der Waals surface area contributed by atoms with E-state index in [9.17, 15) is 13.6 Å². The van der Waals surface area contributed by atoms with Crippen LogP contribution in [0.5, 0.6) is 5.75 Å². The third-order valence-corrected chi connectivity index (χ3v) is 4.95. The Hall–Kier alpha value is -3.41. The Bertz CT molecular complexity index is 1210. The third-order valence-electron chi connectivity index (χ3n) is 4.27. The molecule has 1 aromatic heterocycles. The number of ether oxygens (including phenoxy) is 2. The molecule has 0 radical (unpaired) electrons. The highest BCUT2D eigenvalue weighted by Gasteiger charge is 2.26. The van der Waals surface area contributed by atoms with Gasteiger partial charge in [0.1, 0.15) is 12.3 Å². The lowest BCUT2D eigenvalue weighted by Gasteiger charge is -2.13. The van der Waals surface area contributed by atoms with Crippen molar-refractivity contribution in [3.63, 3.8) is 0 Å². The number of rotatable bonds is 5. The number of carbonyl (C=O) groups is 1. The number of benzene rings is 2. The smallest absolute Gasteiger partial charge is 0.358 e. The first-order chi connectivity index (χ1) is 14.8. The number of methoxy groups -OCH3 is 1. The van der Waals surface area contributed by atoms with Gasteiger partial charge in [0, 0.05) is 5.56 Å². The number of carbonyl (C=O) groups excluding carboxylic acids is 1. The Morgan fingerprint density at radius 3 is 2.45 bits per heavy atom. The van der Waals surface area contributed by atoms with Crippen molar-refractivity contribution in [3.8, 4) is 23.1 Å². The van der Waals surface area contributed by atoms with Gasteiger partial charge in [-0.3, -0.25) is 0 Å². The quantitative estimate of drug-likeness (QED) is 0.525. The molecule has 0 amide bonds. The predicted molar refractivity (Wildman–Crippen MR) is 111 cm³/mol. The van der Waals surface area contributed by atoms with Gasteiger partial charge in [-0.1, -0.05) is 35.3 Å². The van der Waals surface area contributed by atoms with E-state index < -0.39 is 39.7 Å². The molecule has 158 valence electrons. The zero-order valence-corrected chi connectivity index (χ0v) is 17.4. The molecule has 0 atom stereocenters. The standard InChI is InChI=1S/C21H13Cl2F2N3O3/c1-30-20-13(22)7-6-12(15(20)24)18-16(25)17(27)14(23)19(28-18)21(29)31-9-11-4-2-10(8-26)3-5-11/h2-7H,9H2,1H3,(H2,27,28). The molecule has 31 heavy (non-hydrogen) atoms. The minimum absolute atomic E-state index is 0.0341. The fourth-order valence-electron chi connectivity index (χ4n) is 2.67. The molecule has 0 saturated heterocycles. The first-order valence-corrected chi connectivity index (χ1v) is 9.37. The van der Waals surface area contributed by atoms with Gasteiger partial charge in [0.15, 0.2) is 23.1 Å². The number of hydrogen-bond donors (Lipinski definition) is 1. The van der Waals surface area contributed by atoms with Crippen molar-refractivity contribution in [1.82, 2.24) is 4.98 Å². The summed E-state index contributed by atoms with van der Waals surface area (Å²) in [4.78, 5) is 16.4. The van der Waals surface area contributed by atoms with E-state index in [4.69, 9.17) is 43.7 Å². The van der Waals surface area contributed by atoms with Crippen molar-refractivity contribution in [1.29, 1.82) is 5.26 Å². The molecule has 6 nitrogen and oxygen atoms in total. The maximum atomic E-state index is 14.8. The van der Waals surface area contributed by atoms with Crippen LogP contribution >= 0.6 is 23.2 Å². The fraction of sp³-hybridized carbons (Fsp3) is 0.0952. The van der Waals surface area contributed by atoms with Crippen LogP contribution in [0.2, 0.25) is 10.0 Å². The first-order valence-electron chi connectivity index (χ1n) is 8.61. The van der Waals surface area contributed by atoms with E-state index in [1.807, 2.05) is 6.07 Å². The topological polar surface area (TPSA) is 98.2 Å². The number of nitrogen functional groups attached to an aromatic ring is 1. The second kappa shape index (κ2) is 9.16. The second-order valence-corrected chi connectivity index (χ2v) is 6.96. The number of pyridine rings is 1. The van der Waals surface area contributed by atoms with Crippen molar-refractivity contribution < 1.29 is 23.0 Å². The molecule has 2 aromatic carbocycles. The lowest BCUT2D eigenvalue weighted by molar-refractivity contribution is 0.0466. The highest BCUT2D eigenvalue weighted by molar-refractivity contribution is 6.36. The van der Waals surface area contributed by atoms with Crippen LogP contribution in [0.25, 0.3) is 11.3 Å². The summed E-state index contributed by atoms with van der Waals surface area (Å²) in [5.41, 5.74) is 4.75. The van der Waals surface area contributed by atoms with Gasteiger partial charge < -0.3 is 15.2 Å². The van der Waals surface area contributed by atoms with Crippen molar-refractivity contribution in [2.24, 2.45) is 0 Å². The van der Waals surface area contributed by atoms with E-state index >= 15 is 0 Å². The normalized spacial score (nSPS) is 10.5. The molecule has 0 unspecified atom stereocenters. The molecule has 0 fully saturated rings. The molecule has 10 heteroatoms. The first kappa shape index (κ1) is 22.3. The monoisotopic (exact) mass is 463 g/mol. The van der Waals surface area contributed by atoms with E-state index in [1.165, 1.54) is 19.2 Å². The zero-order chi connectivity index (χ0) is 22.7. The number of hydrogen-bond acceptors (Lipinski definition) is 6. The van der Waals surface area contributed by atoms with E-state index in [-0.39, 0.29) is 22.9 Å². The molecule has 0 aliphatic rings. The molecule has 3 rings (SSSR count). The van der Waals surface area contributed by atoms with Gasteiger partial charge in [0.25, 0.3) is 0 Å². The molecular formula is C21H13Cl2F2N3O3. The van der Waals surface area contributed by atoms with Crippen LogP contribution in [0, 0.1) is 23.0 Å². The van der Waals surface area contributed by atoms with Crippen LogP contribution in [0.1, 0.15) is 21.6 Å². The van der Waals surface area contributed by atoms with Crippen molar-refractivity contribution >= 4 is 34.9 Å². The molecule has 2 N–H and O–H groups in total. The minimum atomic E-state index is -1.11.